The second kappa shape index (κ2) is 8.20. The molecule has 156 valence electrons. The van der Waals surface area contributed by atoms with E-state index in [4.69, 9.17) is 4.74 Å². The smallest absolute Gasteiger partial charge is 0.229 e. The Morgan fingerprint density at radius 3 is 3.00 bits per heavy atom. The summed E-state index contributed by atoms with van der Waals surface area (Å²) >= 11 is 1.48. The van der Waals surface area contributed by atoms with Crippen LogP contribution in [-0.4, -0.2) is 45.0 Å². The van der Waals surface area contributed by atoms with E-state index >= 15 is 0 Å². The molecular weight excluding hydrogens is 398 g/mol. The van der Waals surface area contributed by atoms with Gasteiger partial charge >= 0.3 is 0 Å². The van der Waals surface area contributed by atoms with Crippen LogP contribution in [0.25, 0.3) is 11.3 Å². The molecule has 8 heteroatoms. The monoisotopic (exact) mass is 423 g/mol. The number of aryl methyl sites for hydroxylation is 1. The van der Waals surface area contributed by atoms with Gasteiger partial charge in [-0.05, 0) is 49.7 Å². The Hall–Kier alpha value is -2.71. The Morgan fingerprint density at radius 2 is 2.20 bits per heavy atom. The van der Waals surface area contributed by atoms with Crippen LogP contribution in [0.15, 0.2) is 36.0 Å². The predicted octanol–water partition coefficient (Wildman–Crippen LogP) is 3.33. The Balaban J connectivity index is 1.16. The molecule has 30 heavy (non-hydrogen) atoms. The number of ether oxygens (including phenoxy) is 1. The van der Waals surface area contributed by atoms with Gasteiger partial charge in [0.05, 0.1) is 18.8 Å². The number of rotatable bonds is 5. The third-order valence-corrected chi connectivity index (χ3v) is 6.72. The molecule has 0 radical (unpaired) electrons. The lowest BCUT2D eigenvalue weighted by atomic mass is 9.96. The number of imidazole rings is 1. The van der Waals surface area contributed by atoms with Crippen LogP contribution in [0.1, 0.15) is 24.2 Å². The second-order valence-electron chi connectivity index (χ2n) is 7.95. The van der Waals surface area contributed by atoms with Crippen molar-refractivity contribution in [3.8, 4) is 17.0 Å². The van der Waals surface area contributed by atoms with E-state index in [1.807, 2.05) is 41.5 Å². The van der Waals surface area contributed by atoms with Crippen LogP contribution in [0.2, 0.25) is 0 Å². The highest BCUT2D eigenvalue weighted by Crippen LogP contribution is 2.32. The number of benzene rings is 1. The average Bonchev–Trinajstić information content (AvgIpc) is 3.50. The third-order valence-electron chi connectivity index (χ3n) is 5.96. The summed E-state index contributed by atoms with van der Waals surface area (Å²) in [6.45, 7) is 3.40. The largest absolute Gasteiger partial charge is 0.493 e. The van der Waals surface area contributed by atoms with Crippen molar-refractivity contribution in [2.75, 3.05) is 25.0 Å². The Morgan fingerprint density at radius 1 is 1.33 bits per heavy atom. The summed E-state index contributed by atoms with van der Waals surface area (Å²) in [6, 6.07) is 6.18. The number of nitrogens with zero attached hydrogens (tertiary/aromatic N) is 4. The number of anilines is 1. The molecule has 2 aromatic heterocycles. The first kappa shape index (κ1) is 19.3. The molecule has 5 rings (SSSR count). The summed E-state index contributed by atoms with van der Waals surface area (Å²) in [5.41, 5.74) is 3.19. The van der Waals surface area contributed by atoms with E-state index in [1.165, 1.54) is 16.9 Å². The lowest BCUT2D eigenvalue weighted by Gasteiger charge is -2.30. The molecule has 1 N–H and O–H groups in total. The first-order valence-corrected chi connectivity index (χ1v) is 11.2. The van der Waals surface area contributed by atoms with Gasteiger partial charge < -0.3 is 14.6 Å². The highest BCUT2D eigenvalue weighted by Gasteiger charge is 2.26. The quantitative estimate of drug-likeness (QED) is 0.682. The zero-order chi connectivity index (χ0) is 20.5. The number of hydrogen-bond donors (Lipinski definition) is 1. The van der Waals surface area contributed by atoms with Crippen LogP contribution in [0.4, 0.5) is 5.13 Å². The highest BCUT2D eigenvalue weighted by molar-refractivity contribution is 7.14. The molecule has 1 amide bonds. The van der Waals surface area contributed by atoms with Gasteiger partial charge in [-0.3, -0.25) is 9.69 Å². The Bertz CT molecular complexity index is 1050. The molecule has 1 fully saturated rings. The lowest BCUT2D eigenvalue weighted by Crippen LogP contribution is -2.38. The van der Waals surface area contributed by atoms with Gasteiger partial charge in [-0.15, -0.1) is 11.3 Å². The number of piperidine rings is 1. The molecule has 0 bridgehead atoms. The van der Waals surface area contributed by atoms with Crippen molar-refractivity contribution >= 4 is 22.4 Å². The molecule has 0 spiro atoms. The minimum Gasteiger partial charge on any atom is -0.493 e. The van der Waals surface area contributed by atoms with Gasteiger partial charge in [-0.25, -0.2) is 9.97 Å². The molecule has 0 atom stereocenters. The SMILES string of the molecule is Cn1ccnc1CN1CCC(C(=O)Nc2nc(-c3ccc4c(c3)CCO4)cs2)CC1. The standard InChI is InChI=1S/C22H25N5O2S/c1-26-10-7-23-20(26)13-27-8-4-15(5-9-27)21(28)25-22-24-18(14-30-22)16-2-3-19-17(12-16)6-11-29-19/h2-3,7,10,12,14-15H,4-6,8-9,11,13H2,1H3,(H,24,25,28). The van der Waals surface area contributed by atoms with E-state index in [0.29, 0.717) is 5.13 Å². The van der Waals surface area contributed by atoms with Gasteiger partial charge in [-0.2, -0.15) is 0 Å². The molecule has 2 aliphatic heterocycles. The highest BCUT2D eigenvalue weighted by atomic mass is 32.1. The molecule has 2 aliphatic rings. The van der Waals surface area contributed by atoms with Crippen molar-refractivity contribution < 1.29 is 9.53 Å². The molecular formula is C22H25N5O2S. The zero-order valence-electron chi connectivity index (χ0n) is 17.0. The fourth-order valence-electron chi connectivity index (χ4n) is 4.12. The summed E-state index contributed by atoms with van der Waals surface area (Å²) in [5.74, 6) is 2.14. The summed E-state index contributed by atoms with van der Waals surface area (Å²) < 4.78 is 7.62. The van der Waals surface area contributed by atoms with Crippen molar-refractivity contribution in [2.24, 2.45) is 13.0 Å². The van der Waals surface area contributed by atoms with E-state index < -0.39 is 0 Å². The summed E-state index contributed by atoms with van der Waals surface area (Å²) in [6.07, 6.45) is 6.46. The van der Waals surface area contributed by atoms with Gasteiger partial charge in [0.25, 0.3) is 0 Å². The van der Waals surface area contributed by atoms with E-state index in [0.717, 1.165) is 68.3 Å². The van der Waals surface area contributed by atoms with Crippen LogP contribution in [0.3, 0.4) is 0 Å². The van der Waals surface area contributed by atoms with E-state index in [-0.39, 0.29) is 11.8 Å². The molecule has 7 nitrogen and oxygen atoms in total. The summed E-state index contributed by atoms with van der Waals surface area (Å²) in [7, 11) is 2.02. The molecule has 0 saturated carbocycles. The number of amides is 1. The third kappa shape index (κ3) is 3.97. The molecule has 4 heterocycles. The van der Waals surface area contributed by atoms with E-state index in [2.05, 4.69) is 26.3 Å². The number of aromatic nitrogens is 3. The van der Waals surface area contributed by atoms with Crippen LogP contribution < -0.4 is 10.1 Å². The lowest BCUT2D eigenvalue weighted by molar-refractivity contribution is -0.121. The maximum Gasteiger partial charge on any atom is 0.229 e. The van der Waals surface area contributed by atoms with E-state index in [9.17, 15) is 4.79 Å². The van der Waals surface area contributed by atoms with Crippen LogP contribution in [-0.2, 0) is 24.8 Å². The Kier molecular flexibility index (Phi) is 5.26. The number of fused-ring (bicyclic) bond motifs is 1. The molecule has 1 saturated heterocycles. The number of thiazole rings is 1. The fourth-order valence-corrected chi connectivity index (χ4v) is 4.84. The van der Waals surface area contributed by atoms with Crippen molar-refractivity contribution in [1.29, 1.82) is 0 Å². The van der Waals surface area contributed by atoms with Crippen molar-refractivity contribution in [3.05, 3.63) is 47.4 Å². The van der Waals surface area contributed by atoms with Crippen LogP contribution in [0, 0.1) is 5.92 Å². The number of hydrogen-bond acceptors (Lipinski definition) is 6. The number of likely N-dealkylation sites (tertiary alicyclic amines) is 1. The summed E-state index contributed by atoms with van der Waals surface area (Å²) in [5, 5.41) is 5.70. The predicted molar refractivity (Wildman–Crippen MR) is 117 cm³/mol. The normalized spacial score (nSPS) is 17.0. The van der Waals surface area contributed by atoms with Gasteiger partial charge in [0.1, 0.15) is 11.6 Å². The van der Waals surface area contributed by atoms with E-state index in [1.54, 1.807) is 0 Å². The minimum atomic E-state index is 0.0344. The molecule has 0 aliphatic carbocycles. The fraction of sp³-hybridized carbons (Fsp3) is 0.409. The molecule has 3 aromatic rings. The van der Waals surface area contributed by atoms with Gasteiger partial charge in [0, 0.05) is 42.7 Å². The van der Waals surface area contributed by atoms with Crippen molar-refractivity contribution in [3.63, 3.8) is 0 Å². The van der Waals surface area contributed by atoms with Crippen LogP contribution in [0.5, 0.6) is 5.75 Å². The maximum atomic E-state index is 12.7. The molecule has 0 unspecified atom stereocenters. The molecule has 1 aromatic carbocycles. The maximum absolute atomic E-state index is 12.7. The summed E-state index contributed by atoms with van der Waals surface area (Å²) in [4.78, 5) is 24.1. The average molecular weight is 424 g/mol. The van der Waals surface area contributed by atoms with Crippen molar-refractivity contribution in [1.82, 2.24) is 19.4 Å². The first-order chi connectivity index (χ1) is 14.7. The Labute approximate surface area is 179 Å². The second-order valence-corrected chi connectivity index (χ2v) is 8.81. The number of carbonyl (C=O) groups excluding carboxylic acids is 1. The topological polar surface area (TPSA) is 72.3 Å². The number of carbonyl (C=O) groups is 1. The zero-order valence-corrected chi connectivity index (χ0v) is 17.8. The van der Waals surface area contributed by atoms with Gasteiger partial charge in [0.2, 0.25) is 5.91 Å². The van der Waals surface area contributed by atoms with Gasteiger partial charge in [-0.1, -0.05) is 0 Å². The van der Waals surface area contributed by atoms with Crippen molar-refractivity contribution in [2.45, 2.75) is 25.8 Å². The minimum absolute atomic E-state index is 0.0344. The number of nitrogens with one attached hydrogen (secondary N) is 1. The van der Waals surface area contributed by atoms with Crippen LogP contribution >= 0.6 is 11.3 Å². The first-order valence-electron chi connectivity index (χ1n) is 10.4. The van der Waals surface area contributed by atoms with Gasteiger partial charge in [0.15, 0.2) is 5.13 Å².